The molecule has 1 saturated carbocycles. The summed E-state index contributed by atoms with van der Waals surface area (Å²) in [5.41, 5.74) is 0.824. The van der Waals surface area contributed by atoms with Gasteiger partial charge in [0, 0.05) is 31.1 Å². The Morgan fingerprint density at radius 3 is 2.40 bits per heavy atom. The monoisotopic (exact) mass is 434 g/mol. The molecule has 2 heterocycles. The lowest BCUT2D eigenvalue weighted by atomic mass is 9.93. The van der Waals surface area contributed by atoms with Gasteiger partial charge < -0.3 is 14.4 Å². The molecule has 30 heavy (non-hydrogen) atoms. The van der Waals surface area contributed by atoms with Gasteiger partial charge in [0.25, 0.3) is 0 Å². The molecule has 0 radical (unpaired) electrons. The van der Waals surface area contributed by atoms with Gasteiger partial charge in [-0.3, -0.25) is 0 Å². The Morgan fingerprint density at radius 2 is 1.73 bits per heavy atom. The van der Waals surface area contributed by atoms with E-state index < -0.39 is 10.0 Å². The first-order valence-electron chi connectivity index (χ1n) is 10.6. The standard InChI is InChI=1S/C21H30N4O4S/c1-28-19-11-17-18(12-20(19)29-2)22-14-23-21(17)25-9-6-15(7-10-25)5-8-24-30(26,27)13-16-3-4-16/h11-12,14-16,24H,3-10,13H2,1-2H3. The summed E-state index contributed by atoms with van der Waals surface area (Å²) in [5.74, 6) is 3.41. The lowest BCUT2D eigenvalue weighted by molar-refractivity contribution is 0.355. The van der Waals surface area contributed by atoms with E-state index in [4.69, 9.17) is 9.47 Å². The fourth-order valence-corrected chi connectivity index (χ4v) is 5.63. The molecule has 4 rings (SSSR count). The predicted octanol–water partition coefficient (Wildman–Crippen LogP) is 2.58. The fourth-order valence-electron chi connectivity index (χ4n) is 4.13. The molecule has 1 N–H and O–H groups in total. The first-order valence-corrected chi connectivity index (χ1v) is 12.2. The quantitative estimate of drug-likeness (QED) is 0.648. The molecular weight excluding hydrogens is 404 g/mol. The minimum Gasteiger partial charge on any atom is -0.493 e. The molecule has 0 unspecified atom stereocenters. The molecule has 8 nitrogen and oxygen atoms in total. The van der Waals surface area contributed by atoms with Crippen LogP contribution in [0.2, 0.25) is 0 Å². The molecule has 2 aliphatic rings. The number of nitrogens with one attached hydrogen (secondary N) is 1. The van der Waals surface area contributed by atoms with Gasteiger partial charge in [0.05, 0.1) is 25.5 Å². The Hall–Kier alpha value is -2.13. The van der Waals surface area contributed by atoms with E-state index >= 15 is 0 Å². The average molecular weight is 435 g/mol. The molecule has 0 atom stereocenters. The third-order valence-electron chi connectivity index (χ3n) is 6.06. The van der Waals surface area contributed by atoms with Gasteiger partial charge in [0.15, 0.2) is 11.5 Å². The molecule has 164 valence electrons. The second-order valence-electron chi connectivity index (χ2n) is 8.26. The zero-order valence-electron chi connectivity index (χ0n) is 17.6. The summed E-state index contributed by atoms with van der Waals surface area (Å²) in [6.45, 7) is 2.31. The molecule has 1 aromatic heterocycles. The Labute approximate surface area is 178 Å². The highest BCUT2D eigenvalue weighted by Gasteiger charge is 2.28. The van der Waals surface area contributed by atoms with Crippen molar-refractivity contribution in [1.29, 1.82) is 0 Å². The molecule has 2 fully saturated rings. The first kappa shape index (κ1) is 21.1. The van der Waals surface area contributed by atoms with Crippen LogP contribution in [0.4, 0.5) is 5.82 Å². The van der Waals surface area contributed by atoms with Gasteiger partial charge in [0.2, 0.25) is 10.0 Å². The molecule has 1 aromatic carbocycles. The van der Waals surface area contributed by atoms with Gasteiger partial charge >= 0.3 is 0 Å². The van der Waals surface area contributed by atoms with Crippen molar-refractivity contribution >= 4 is 26.7 Å². The number of hydrogen-bond acceptors (Lipinski definition) is 7. The molecular formula is C21H30N4O4S. The Bertz CT molecular complexity index is 986. The highest BCUT2D eigenvalue weighted by molar-refractivity contribution is 7.89. The molecule has 0 bridgehead atoms. The van der Waals surface area contributed by atoms with E-state index in [9.17, 15) is 8.42 Å². The topological polar surface area (TPSA) is 93.7 Å². The fraction of sp³-hybridized carbons (Fsp3) is 0.619. The summed E-state index contributed by atoms with van der Waals surface area (Å²) in [6.07, 6.45) is 6.61. The van der Waals surface area contributed by atoms with E-state index in [0.717, 1.165) is 61.9 Å². The molecule has 1 aliphatic heterocycles. The zero-order valence-corrected chi connectivity index (χ0v) is 18.5. The van der Waals surface area contributed by atoms with Gasteiger partial charge in [-0.25, -0.2) is 23.1 Å². The maximum Gasteiger partial charge on any atom is 0.211 e. The van der Waals surface area contributed by atoms with Gasteiger partial charge in [-0.05, 0) is 50.0 Å². The predicted molar refractivity (Wildman–Crippen MR) is 117 cm³/mol. The summed E-state index contributed by atoms with van der Waals surface area (Å²) in [4.78, 5) is 11.2. The van der Waals surface area contributed by atoms with Crippen LogP contribution >= 0.6 is 0 Å². The number of anilines is 1. The van der Waals surface area contributed by atoms with E-state index in [1.165, 1.54) is 0 Å². The van der Waals surface area contributed by atoms with Gasteiger partial charge in [0.1, 0.15) is 12.1 Å². The van der Waals surface area contributed by atoms with E-state index in [-0.39, 0.29) is 0 Å². The van der Waals surface area contributed by atoms with Crippen LogP contribution in [0.25, 0.3) is 10.9 Å². The summed E-state index contributed by atoms with van der Waals surface area (Å²) in [5, 5.41) is 0.946. The SMILES string of the molecule is COc1cc2ncnc(N3CCC(CCNS(=O)(=O)CC4CC4)CC3)c2cc1OC. The third kappa shape index (κ3) is 4.95. The van der Waals surface area contributed by atoms with E-state index in [0.29, 0.717) is 35.6 Å². The van der Waals surface area contributed by atoms with Crippen molar-refractivity contribution in [3.63, 3.8) is 0 Å². The van der Waals surface area contributed by atoms with Crippen molar-refractivity contribution in [1.82, 2.24) is 14.7 Å². The van der Waals surface area contributed by atoms with Gasteiger partial charge in [-0.1, -0.05) is 0 Å². The molecule has 1 saturated heterocycles. The van der Waals surface area contributed by atoms with E-state index in [1.807, 2.05) is 12.1 Å². The molecule has 0 amide bonds. The third-order valence-corrected chi connectivity index (χ3v) is 7.61. The Kier molecular flexibility index (Phi) is 6.29. The van der Waals surface area contributed by atoms with Crippen molar-refractivity contribution in [3.05, 3.63) is 18.5 Å². The van der Waals surface area contributed by atoms with Crippen LogP contribution in [0.5, 0.6) is 11.5 Å². The number of aromatic nitrogens is 2. The smallest absolute Gasteiger partial charge is 0.211 e. The van der Waals surface area contributed by atoms with E-state index in [1.54, 1.807) is 20.5 Å². The van der Waals surface area contributed by atoms with Crippen LogP contribution in [-0.2, 0) is 10.0 Å². The van der Waals surface area contributed by atoms with Gasteiger partial charge in [-0.2, -0.15) is 0 Å². The van der Waals surface area contributed by atoms with Crippen molar-refractivity contribution in [2.45, 2.75) is 32.1 Å². The normalized spacial score (nSPS) is 18.0. The van der Waals surface area contributed by atoms with Crippen molar-refractivity contribution in [3.8, 4) is 11.5 Å². The Balaban J connectivity index is 1.36. The highest BCUT2D eigenvalue weighted by Crippen LogP contribution is 2.36. The summed E-state index contributed by atoms with van der Waals surface area (Å²) < 4.78 is 37.7. The maximum absolute atomic E-state index is 12.0. The number of piperidine rings is 1. The lowest BCUT2D eigenvalue weighted by Gasteiger charge is -2.33. The number of benzene rings is 1. The van der Waals surface area contributed by atoms with Crippen molar-refractivity contribution in [2.24, 2.45) is 11.8 Å². The number of fused-ring (bicyclic) bond motifs is 1. The number of hydrogen-bond donors (Lipinski definition) is 1. The van der Waals surface area contributed by atoms with Crippen molar-refractivity contribution < 1.29 is 17.9 Å². The average Bonchev–Trinajstić information content (AvgIpc) is 3.56. The van der Waals surface area contributed by atoms with Crippen LogP contribution in [0.1, 0.15) is 32.1 Å². The number of rotatable bonds is 9. The van der Waals surface area contributed by atoms with Gasteiger partial charge in [-0.15, -0.1) is 0 Å². The highest BCUT2D eigenvalue weighted by atomic mass is 32.2. The first-order chi connectivity index (χ1) is 14.5. The van der Waals surface area contributed by atoms with E-state index in [2.05, 4.69) is 19.6 Å². The van der Waals surface area contributed by atoms with Crippen LogP contribution < -0.4 is 19.1 Å². The van der Waals surface area contributed by atoms with Crippen LogP contribution in [-0.4, -0.2) is 58.0 Å². The van der Waals surface area contributed by atoms with Crippen LogP contribution in [0, 0.1) is 11.8 Å². The molecule has 2 aromatic rings. The molecule has 1 aliphatic carbocycles. The summed E-state index contributed by atoms with van der Waals surface area (Å²) in [7, 11) is 0.127. The van der Waals surface area contributed by atoms with Crippen molar-refractivity contribution in [2.75, 3.05) is 44.5 Å². The molecule has 9 heteroatoms. The second kappa shape index (κ2) is 8.93. The maximum atomic E-state index is 12.0. The number of methoxy groups -OCH3 is 2. The minimum atomic E-state index is -3.11. The second-order valence-corrected chi connectivity index (χ2v) is 10.1. The summed E-state index contributed by atoms with van der Waals surface area (Å²) in [6, 6.07) is 3.81. The number of nitrogens with zero attached hydrogens (tertiary/aromatic N) is 3. The number of ether oxygens (including phenoxy) is 2. The molecule has 0 spiro atoms. The zero-order chi connectivity index (χ0) is 21.1. The minimum absolute atomic E-state index is 0.292. The van der Waals surface area contributed by atoms with Crippen LogP contribution in [0.15, 0.2) is 18.5 Å². The Morgan fingerprint density at radius 1 is 1.03 bits per heavy atom. The number of sulfonamides is 1. The lowest BCUT2D eigenvalue weighted by Crippen LogP contribution is -2.36. The largest absolute Gasteiger partial charge is 0.493 e. The summed E-state index contributed by atoms with van der Waals surface area (Å²) >= 11 is 0. The van der Waals surface area contributed by atoms with Crippen LogP contribution in [0.3, 0.4) is 0 Å².